The molecule has 1 aliphatic heterocycles. The van der Waals surface area contributed by atoms with Crippen LogP contribution in [0.2, 0.25) is 0 Å². The van der Waals surface area contributed by atoms with Crippen molar-refractivity contribution in [2.75, 3.05) is 13.6 Å². The lowest BCUT2D eigenvalue weighted by Gasteiger charge is -2.19. The summed E-state index contributed by atoms with van der Waals surface area (Å²) in [5.74, 6) is 1.02. The quantitative estimate of drug-likeness (QED) is 0.800. The topological polar surface area (TPSA) is 27.6 Å². The third-order valence-corrected chi connectivity index (χ3v) is 3.09. The van der Waals surface area contributed by atoms with Crippen LogP contribution in [0.3, 0.4) is 0 Å². The van der Waals surface area contributed by atoms with Crippen LogP contribution >= 0.6 is 11.3 Å². The molecule has 0 saturated carbocycles. The second-order valence-electron chi connectivity index (χ2n) is 3.65. The molecule has 4 heteroatoms. The molecule has 1 aromatic heterocycles. The van der Waals surface area contributed by atoms with Crippen molar-refractivity contribution < 1.29 is 0 Å². The lowest BCUT2D eigenvalue weighted by molar-refractivity contribution is 0.486. The van der Waals surface area contributed by atoms with Crippen LogP contribution in [0.4, 0.5) is 0 Å². The molecule has 1 unspecified atom stereocenters. The normalized spacial score (nSPS) is 20.4. The summed E-state index contributed by atoms with van der Waals surface area (Å²) < 4.78 is 0. The number of aliphatic imine (C=N–C) groups is 1. The Hall–Kier alpha value is -1.03. The maximum Gasteiger partial charge on any atom is 0.194 e. The van der Waals surface area contributed by atoms with Crippen molar-refractivity contribution in [1.29, 1.82) is 0 Å². The average molecular weight is 209 g/mol. The molecule has 0 aromatic carbocycles. The molecular formula is C10H15N3S. The molecule has 0 spiro atoms. The molecule has 1 N–H and O–H groups in total. The molecule has 0 fully saturated rings. The van der Waals surface area contributed by atoms with Gasteiger partial charge in [-0.25, -0.2) is 0 Å². The standard InChI is InChI=1S/C10H15N3S/c1-8-6-11-10(12-8)13(2)7-9-4-3-5-14-9/h3-5,8H,6-7H2,1-2H3,(H,11,12). The predicted molar refractivity (Wildman–Crippen MR) is 60.7 cm³/mol. The van der Waals surface area contributed by atoms with Gasteiger partial charge in [-0.05, 0) is 18.4 Å². The molecule has 3 nitrogen and oxygen atoms in total. The van der Waals surface area contributed by atoms with Gasteiger partial charge in [-0.3, -0.25) is 4.99 Å². The molecule has 76 valence electrons. The van der Waals surface area contributed by atoms with Gasteiger partial charge in [0.15, 0.2) is 5.96 Å². The van der Waals surface area contributed by atoms with E-state index < -0.39 is 0 Å². The van der Waals surface area contributed by atoms with E-state index in [1.807, 2.05) is 0 Å². The molecule has 1 aliphatic rings. The fourth-order valence-corrected chi connectivity index (χ4v) is 2.23. The van der Waals surface area contributed by atoms with Gasteiger partial charge < -0.3 is 10.2 Å². The zero-order chi connectivity index (χ0) is 9.97. The van der Waals surface area contributed by atoms with Gasteiger partial charge in [0.05, 0.1) is 13.1 Å². The summed E-state index contributed by atoms with van der Waals surface area (Å²) in [4.78, 5) is 7.97. The summed E-state index contributed by atoms with van der Waals surface area (Å²) in [5, 5.41) is 5.45. The van der Waals surface area contributed by atoms with Gasteiger partial charge in [0.1, 0.15) is 0 Å². The van der Waals surface area contributed by atoms with Crippen LogP contribution in [0, 0.1) is 0 Å². The largest absolute Gasteiger partial charge is 0.352 e. The highest BCUT2D eigenvalue weighted by Crippen LogP contribution is 2.11. The first-order chi connectivity index (χ1) is 6.75. The Balaban J connectivity index is 1.93. The molecule has 0 bridgehead atoms. The molecule has 14 heavy (non-hydrogen) atoms. The minimum absolute atomic E-state index is 0.482. The van der Waals surface area contributed by atoms with E-state index in [1.54, 1.807) is 11.3 Å². The van der Waals surface area contributed by atoms with Crippen LogP contribution in [0.25, 0.3) is 0 Å². The first-order valence-electron chi connectivity index (χ1n) is 4.80. The molecule has 1 atom stereocenters. The van der Waals surface area contributed by atoms with Crippen LogP contribution < -0.4 is 5.32 Å². The number of hydrogen-bond donors (Lipinski definition) is 1. The zero-order valence-electron chi connectivity index (χ0n) is 8.53. The number of thiophene rings is 1. The smallest absolute Gasteiger partial charge is 0.194 e. The van der Waals surface area contributed by atoms with E-state index in [4.69, 9.17) is 0 Å². The lowest BCUT2D eigenvalue weighted by atomic mass is 10.4. The number of rotatable bonds is 2. The van der Waals surface area contributed by atoms with E-state index in [2.05, 4.69) is 46.7 Å². The molecule has 1 aromatic rings. The average Bonchev–Trinajstić information content (AvgIpc) is 2.75. The Bertz CT molecular complexity index is 318. The van der Waals surface area contributed by atoms with E-state index in [1.165, 1.54) is 4.88 Å². The Kier molecular flexibility index (Phi) is 2.72. The summed E-state index contributed by atoms with van der Waals surface area (Å²) in [6.07, 6.45) is 0. The van der Waals surface area contributed by atoms with Gasteiger partial charge in [0, 0.05) is 18.0 Å². The van der Waals surface area contributed by atoms with Crippen LogP contribution in [0.15, 0.2) is 22.5 Å². The molecule has 2 heterocycles. The summed E-state index contributed by atoms with van der Waals surface area (Å²) in [5.41, 5.74) is 0. The van der Waals surface area contributed by atoms with E-state index >= 15 is 0 Å². The third kappa shape index (κ3) is 2.07. The predicted octanol–water partition coefficient (Wildman–Crippen LogP) is 1.53. The summed E-state index contributed by atoms with van der Waals surface area (Å²) in [6.45, 7) is 3.98. The number of guanidine groups is 1. The lowest BCUT2D eigenvalue weighted by Crippen LogP contribution is -2.38. The molecule has 2 rings (SSSR count). The van der Waals surface area contributed by atoms with E-state index in [-0.39, 0.29) is 0 Å². The number of nitrogens with one attached hydrogen (secondary N) is 1. The first kappa shape index (κ1) is 9.52. The van der Waals surface area contributed by atoms with Gasteiger partial charge in [0.2, 0.25) is 0 Å². The highest BCUT2D eigenvalue weighted by Gasteiger charge is 2.16. The van der Waals surface area contributed by atoms with Crippen molar-refractivity contribution >= 4 is 17.3 Å². The number of nitrogens with zero attached hydrogens (tertiary/aromatic N) is 2. The number of hydrogen-bond acceptors (Lipinski definition) is 4. The Labute approximate surface area is 88.5 Å². The zero-order valence-corrected chi connectivity index (χ0v) is 9.34. The second-order valence-corrected chi connectivity index (χ2v) is 4.68. The van der Waals surface area contributed by atoms with Crippen molar-refractivity contribution in [2.24, 2.45) is 4.99 Å². The highest BCUT2D eigenvalue weighted by atomic mass is 32.1. The molecular weight excluding hydrogens is 194 g/mol. The van der Waals surface area contributed by atoms with Crippen LogP contribution in [-0.2, 0) is 6.54 Å². The van der Waals surface area contributed by atoms with Gasteiger partial charge in [-0.1, -0.05) is 6.07 Å². The Morgan fingerprint density at radius 2 is 2.57 bits per heavy atom. The third-order valence-electron chi connectivity index (χ3n) is 2.23. The minimum Gasteiger partial charge on any atom is -0.352 e. The van der Waals surface area contributed by atoms with Gasteiger partial charge >= 0.3 is 0 Å². The Morgan fingerprint density at radius 3 is 3.14 bits per heavy atom. The maximum absolute atomic E-state index is 4.43. The van der Waals surface area contributed by atoms with Crippen LogP contribution in [0.1, 0.15) is 11.8 Å². The SMILES string of the molecule is CC1CN=C(N(C)Cc2cccs2)N1. The fourth-order valence-electron chi connectivity index (χ4n) is 1.48. The second kappa shape index (κ2) is 4.00. The fraction of sp³-hybridized carbons (Fsp3) is 0.500. The summed E-state index contributed by atoms with van der Waals surface area (Å²) in [6, 6.07) is 4.72. The van der Waals surface area contributed by atoms with E-state index in [0.29, 0.717) is 6.04 Å². The van der Waals surface area contributed by atoms with Gasteiger partial charge in [-0.15, -0.1) is 11.3 Å². The van der Waals surface area contributed by atoms with Gasteiger partial charge in [0.25, 0.3) is 0 Å². The van der Waals surface area contributed by atoms with Gasteiger partial charge in [-0.2, -0.15) is 0 Å². The molecule has 0 saturated heterocycles. The maximum atomic E-state index is 4.43. The van der Waals surface area contributed by atoms with Crippen molar-refractivity contribution in [3.63, 3.8) is 0 Å². The van der Waals surface area contributed by atoms with Crippen molar-refractivity contribution in [3.05, 3.63) is 22.4 Å². The van der Waals surface area contributed by atoms with Crippen molar-refractivity contribution in [1.82, 2.24) is 10.2 Å². The van der Waals surface area contributed by atoms with Crippen molar-refractivity contribution in [2.45, 2.75) is 19.5 Å². The first-order valence-corrected chi connectivity index (χ1v) is 5.68. The molecule has 0 aliphatic carbocycles. The minimum atomic E-state index is 0.482. The molecule has 0 amide bonds. The highest BCUT2D eigenvalue weighted by molar-refractivity contribution is 7.09. The Morgan fingerprint density at radius 1 is 1.71 bits per heavy atom. The van der Waals surface area contributed by atoms with E-state index in [9.17, 15) is 0 Å². The summed E-state index contributed by atoms with van der Waals surface area (Å²) in [7, 11) is 2.07. The van der Waals surface area contributed by atoms with Crippen molar-refractivity contribution in [3.8, 4) is 0 Å². The van der Waals surface area contributed by atoms with Crippen LogP contribution in [0.5, 0.6) is 0 Å². The molecule has 0 radical (unpaired) electrons. The monoisotopic (exact) mass is 209 g/mol. The summed E-state index contributed by atoms with van der Waals surface area (Å²) >= 11 is 1.79. The van der Waals surface area contributed by atoms with Crippen LogP contribution in [-0.4, -0.2) is 30.5 Å². The van der Waals surface area contributed by atoms with E-state index in [0.717, 1.165) is 19.0 Å².